The minimum Gasteiger partial charge on any atom is -0.449 e. The van der Waals surface area contributed by atoms with Gasteiger partial charge in [-0.1, -0.05) is 5.16 Å². The summed E-state index contributed by atoms with van der Waals surface area (Å²) in [6, 6.07) is 3.30. The molecule has 0 spiro atoms. The SMILES string of the molecule is Cc1noc(C)c1CSc1ncccc1C(=O)O[C@H](C)C(=O)N(C)C. The second kappa shape index (κ2) is 8.15. The number of hydrogen-bond acceptors (Lipinski definition) is 7. The Morgan fingerprint density at radius 3 is 2.68 bits per heavy atom. The summed E-state index contributed by atoms with van der Waals surface area (Å²) in [6.45, 7) is 5.26. The molecule has 0 aliphatic rings. The van der Waals surface area contributed by atoms with E-state index in [9.17, 15) is 9.59 Å². The molecule has 2 aromatic heterocycles. The Kier molecular flexibility index (Phi) is 6.19. The first kappa shape index (κ1) is 19.0. The summed E-state index contributed by atoms with van der Waals surface area (Å²) < 4.78 is 10.4. The van der Waals surface area contributed by atoms with Gasteiger partial charge in [0.25, 0.3) is 5.91 Å². The van der Waals surface area contributed by atoms with Crippen LogP contribution < -0.4 is 0 Å². The van der Waals surface area contributed by atoms with E-state index in [1.807, 2.05) is 13.8 Å². The van der Waals surface area contributed by atoms with E-state index in [1.54, 1.807) is 39.3 Å². The molecule has 7 nitrogen and oxygen atoms in total. The molecule has 0 bridgehead atoms. The van der Waals surface area contributed by atoms with Crippen molar-refractivity contribution >= 4 is 23.6 Å². The maximum Gasteiger partial charge on any atom is 0.341 e. The van der Waals surface area contributed by atoms with Crippen LogP contribution >= 0.6 is 11.8 Å². The molecule has 1 atom stereocenters. The number of ether oxygens (including phenoxy) is 1. The summed E-state index contributed by atoms with van der Waals surface area (Å²) in [6.07, 6.45) is 0.754. The van der Waals surface area contributed by atoms with Gasteiger partial charge in [0.05, 0.1) is 11.3 Å². The first-order valence-electron chi connectivity index (χ1n) is 7.73. The molecule has 0 aliphatic heterocycles. The van der Waals surface area contributed by atoms with Gasteiger partial charge in [0.15, 0.2) is 6.10 Å². The number of aromatic nitrogens is 2. The van der Waals surface area contributed by atoms with Crippen molar-refractivity contribution < 1.29 is 18.8 Å². The molecular formula is C17H21N3O4S. The van der Waals surface area contributed by atoms with Crippen LogP contribution in [0.4, 0.5) is 0 Å². The van der Waals surface area contributed by atoms with E-state index in [1.165, 1.54) is 16.7 Å². The zero-order valence-corrected chi connectivity index (χ0v) is 15.7. The van der Waals surface area contributed by atoms with Crippen molar-refractivity contribution in [2.75, 3.05) is 14.1 Å². The van der Waals surface area contributed by atoms with Gasteiger partial charge in [-0.3, -0.25) is 4.79 Å². The van der Waals surface area contributed by atoms with Gasteiger partial charge < -0.3 is 14.2 Å². The number of thioether (sulfide) groups is 1. The van der Waals surface area contributed by atoms with Gasteiger partial charge in [-0.05, 0) is 32.9 Å². The molecular weight excluding hydrogens is 342 g/mol. The number of hydrogen-bond donors (Lipinski definition) is 0. The first-order valence-corrected chi connectivity index (χ1v) is 8.71. The predicted octanol–water partition coefficient (Wildman–Crippen LogP) is 2.61. The average molecular weight is 363 g/mol. The monoisotopic (exact) mass is 363 g/mol. The normalized spacial score (nSPS) is 11.9. The van der Waals surface area contributed by atoms with Crippen molar-refractivity contribution in [2.24, 2.45) is 0 Å². The van der Waals surface area contributed by atoms with Crippen molar-refractivity contribution in [2.45, 2.75) is 37.7 Å². The van der Waals surface area contributed by atoms with E-state index >= 15 is 0 Å². The van der Waals surface area contributed by atoms with E-state index in [-0.39, 0.29) is 5.91 Å². The molecule has 0 radical (unpaired) electrons. The zero-order chi connectivity index (χ0) is 18.6. The Hall–Kier alpha value is -2.35. The maximum absolute atomic E-state index is 12.4. The highest BCUT2D eigenvalue weighted by molar-refractivity contribution is 7.98. The highest BCUT2D eigenvalue weighted by Gasteiger charge is 2.23. The average Bonchev–Trinajstić information content (AvgIpc) is 2.90. The van der Waals surface area contributed by atoms with Gasteiger partial charge in [0.1, 0.15) is 10.8 Å². The van der Waals surface area contributed by atoms with Gasteiger partial charge in [0.2, 0.25) is 0 Å². The summed E-state index contributed by atoms with van der Waals surface area (Å²) >= 11 is 1.40. The van der Waals surface area contributed by atoms with Crippen molar-refractivity contribution in [3.8, 4) is 0 Å². The van der Waals surface area contributed by atoms with Gasteiger partial charge in [-0.25, -0.2) is 9.78 Å². The fraction of sp³-hybridized carbons (Fsp3) is 0.412. The summed E-state index contributed by atoms with van der Waals surface area (Å²) in [5.74, 6) is 0.472. The number of amides is 1. The third kappa shape index (κ3) is 4.60. The minimum absolute atomic E-state index is 0.276. The second-order valence-corrected chi connectivity index (χ2v) is 6.69. The second-order valence-electron chi connectivity index (χ2n) is 5.73. The fourth-order valence-corrected chi connectivity index (χ4v) is 3.28. The zero-order valence-electron chi connectivity index (χ0n) is 14.9. The van der Waals surface area contributed by atoms with Crippen molar-refractivity contribution in [3.63, 3.8) is 0 Å². The third-order valence-corrected chi connectivity index (χ3v) is 4.63. The molecule has 8 heteroatoms. The van der Waals surface area contributed by atoms with E-state index < -0.39 is 12.1 Å². The number of nitrogens with zero attached hydrogens (tertiary/aromatic N) is 3. The quantitative estimate of drug-likeness (QED) is 0.576. The molecule has 25 heavy (non-hydrogen) atoms. The lowest BCUT2D eigenvalue weighted by molar-refractivity contribution is -0.137. The fourth-order valence-electron chi connectivity index (χ4n) is 2.15. The van der Waals surface area contributed by atoms with Crippen LogP contribution in [-0.2, 0) is 15.3 Å². The Morgan fingerprint density at radius 1 is 1.36 bits per heavy atom. The van der Waals surface area contributed by atoms with Crippen LogP contribution in [0.5, 0.6) is 0 Å². The number of esters is 1. The first-order chi connectivity index (χ1) is 11.8. The summed E-state index contributed by atoms with van der Waals surface area (Å²) in [4.78, 5) is 29.9. The van der Waals surface area contributed by atoms with E-state index in [2.05, 4.69) is 10.1 Å². The van der Waals surface area contributed by atoms with Crippen molar-refractivity contribution in [1.82, 2.24) is 15.0 Å². The van der Waals surface area contributed by atoms with Gasteiger partial charge in [-0.15, -0.1) is 11.8 Å². The topological polar surface area (TPSA) is 85.5 Å². The van der Waals surface area contributed by atoms with E-state index in [4.69, 9.17) is 9.26 Å². The van der Waals surface area contributed by atoms with Crippen LogP contribution in [0.2, 0.25) is 0 Å². The van der Waals surface area contributed by atoms with Crippen LogP contribution in [-0.4, -0.2) is 47.1 Å². The lowest BCUT2D eigenvalue weighted by Crippen LogP contribution is -2.35. The number of carbonyl (C=O) groups is 2. The smallest absolute Gasteiger partial charge is 0.341 e. The number of pyridine rings is 1. The van der Waals surface area contributed by atoms with E-state index in [0.717, 1.165) is 17.0 Å². The molecule has 1 amide bonds. The standard InChI is InChI=1S/C17H21N3O4S/c1-10-14(11(2)24-19-10)9-25-15-13(7-6-8-18-15)17(22)23-12(3)16(21)20(4)5/h6-8,12H,9H2,1-5H3/t12-/m1/s1. The van der Waals surface area contributed by atoms with E-state index in [0.29, 0.717) is 16.3 Å². The Labute approximate surface area is 150 Å². The molecule has 0 aromatic carbocycles. The number of aryl methyl sites for hydroxylation is 2. The van der Waals surface area contributed by atoms with Gasteiger partial charge >= 0.3 is 5.97 Å². The molecule has 0 saturated heterocycles. The largest absolute Gasteiger partial charge is 0.449 e. The van der Waals surface area contributed by atoms with Crippen molar-refractivity contribution in [1.29, 1.82) is 0 Å². The molecule has 134 valence electrons. The lowest BCUT2D eigenvalue weighted by atomic mass is 10.2. The highest BCUT2D eigenvalue weighted by Crippen LogP contribution is 2.27. The minimum atomic E-state index is -0.858. The summed E-state index contributed by atoms with van der Waals surface area (Å²) in [7, 11) is 3.23. The van der Waals surface area contributed by atoms with Gasteiger partial charge in [-0.2, -0.15) is 0 Å². The molecule has 2 heterocycles. The molecule has 0 unspecified atom stereocenters. The maximum atomic E-state index is 12.4. The van der Waals surface area contributed by atoms with Crippen LogP contribution in [0.15, 0.2) is 27.9 Å². The summed E-state index contributed by atoms with van der Waals surface area (Å²) in [5.41, 5.74) is 2.12. The molecule has 0 fully saturated rings. The predicted molar refractivity (Wildman–Crippen MR) is 93.3 cm³/mol. The van der Waals surface area contributed by atoms with Crippen LogP contribution in [0.1, 0.15) is 34.3 Å². The highest BCUT2D eigenvalue weighted by atomic mass is 32.2. The molecule has 0 aliphatic carbocycles. The number of likely N-dealkylation sites (N-methyl/N-ethyl adjacent to an activating group) is 1. The molecule has 0 N–H and O–H groups in total. The Balaban J connectivity index is 2.12. The lowest BCUT2D eigenvalue weighted by Gasteiger charge is -2.17. The summed E-state index contributed by atoms with van der Waals surface area (Å²) in [5, 5.41) is 4.46. The van der Waals surface area contributed by atoms with Crippen molar-refractivity contribution in [3.05, 3.63) is 40.9 Å². The van der Waals surface area contributed by atoms with Crippen LogP contribution in [0.3, 0.4) is 0 Å². The van der Waals surface area contributed by atoms with Gasteiger partial charge in [0, 0.05) is 31.6 Å². The van der Waals surface area contributed by atoms with Crippen LogP contribution in [0.25, 0.3) is 0 Å². The number of rotatable bonds is 6. The molecule has 2 rings (SSSR count). The Bertz CT molecular complexity index is 754. The molecule has 2 aromatic rings. The third-order valence-electron chi connectivity index (χ3n) is 3.60. The molecule has 0 saturated carbocycles. The van der Waals surface area contributed by atoms with Crippen LogP contribution in [0, 0.1) is 13.8 Å². The Morgan fingerprint density at radius 2 is 2.08 bits per heavy atom. The number of carbonyl (C=O) groups excluding carboxylic acids is 2.